The number of aromatic nitrogens is 1. The Morgan fingerprint density at radius 1 is 1.12 bits per heavy atom. The van der Waals surface area contributed by atoms with Crippen molar-refractivity contribution in [3.05, 3.63) is 48.2 Å². The Morgan fingerprint density at radius 3 is 2.62 bits per heavy atom. The maximum Gasteiger partial charge on any atom is 0.255 e. The Morgan fingerprint density at radius 2 is 1.88 bits per heavy atom. The molecule has 0 aliphatic carbocycles. The first kappa shape index (κ1) is 18.2. The van der Waals surface area contributed by atoms with E-state index in [0.29, 0.717) is 5.56 Å². The maximum atomic E-state index is 12.5. The van der Waals surface area contributed by atoms with Crippen LogP contribution in [0.2, 0.25) is 0 Å². The zero-order chi connectivity index (χ0) is 18.2. The third-order valence-corrected chi connectivity index (χ3v) is 4.70. The second kappa shape index (κ2) is 9.22. The number of amides is 1. The summed E-state index contributed by atoms with van der Waals surface area (Å²) in [6, 6.07) is 11.7. The summed E-state index contributed by atoms with van der Waals surface area (Å²) in [6.07, 6.45) is 7.72. The lowest BCUT2D eigenvalue weighted by atomic mass is 10.1. The normalized spacial score (nSPS) is 14.1. The van der Waals surface area contributed by atoms with E-state index in [4.69, 9.17) is 0 Å². The van der Waals surface area contributed by atoms with Crippen LogP contribution in [0.4, 0.5) is 17.2 Å². The summed E-state index contributed by atoms with van der Waals surface area (Å²) in [7, 11) is 0. The molecule has 2 N–H and O–H groups in total. The summed E-state index contributed by atoms with van der Waals surface area (Å²) in [5.74, 6) is 0.628. The van der Waals surface area contributed by atoms with Gasteiger partial charge >= 0.3 is 0 Å². The van der Waals surface area contributed by atoms with Crippen molar-refractivity contribution in [1.29, 1.82) is 0 Å². The van der Waals surface area contributed by atoms with Crippen LogP contribution >= 0.6 is 0 Å². The van der Waals surface area contributed by atoms with Crippen molar-refractivity contribution in [3.63, 3.8) is 0 Å². The van der Waals surface area contributed by atoms with E-state index in [0.717, 1.165) is 44.0 Å². The van der Waals surface area contributed by atoms with Gasteiger partial charge in [-0.15, -0.1) is 0 Å². The molecule has 1 aromatic carbocycles. The number of hydrogen-bond acceptors (Lipinski definition) is 4. The number of pyridine rings is 1. The largest absolute Gasteiger partial charge is 0.372 e. The molecule has 5 heteroatoms. The monoisotopic (exact) mass is 352 g/mol. The van der Waals surface area contributed by atoms with Crippen molar-refractivity contribution in [2.75, 3.05) is 35.2 Å². The van der Waals surface area contributed by atoms with Gasteiger partial charge in [-0.3, -0.25) is 4.79 Å². The van der Waals surface area contributed by atoms with Crippen LogP contribution < -0.4 is 15.5 Å². The summed E-state index contributed by atoms with van der Waals surface area (Å²) in [4.78, 5) is 19.2. The highest BCUT2D eigenvalue weighted by atomic mass is 16.1. The van der Waals surface area contributed by atoms with Crippen molar-refractivity contribution >= 4 is 23.1 Å². The summed E-state index contributed by atoms with van der Waals surface area (Å²) in [5, 5.41) is 6.22. The lowest BCUT2D eigenvalue weighted by Crippen LogP contribution is -2.29. The fourth-order valence-corrected chi connectivity index (χ4v) is 3.17. The van der Waals surface area contributed by atoms with Crippen LogP contribution in [0.1, 0.15) is 49.4 Å². The minimum atomic E-state index is -0.114. The number of carbonyl (C=O) groups excluding carboxylic acids is 1. The number of anilines is 3. The molecule has 2 heterocycles. The third-order valence-electron chi connectivity index (χ3n) is 4.70. The van der Waals surface area contributed by atoms with Crippen molar-refractivity contribution in [3.8, 4) is 0 Å². The average Bonchev–Trinajstić information content (AvgIpc) is 2.70. The van der Waals surface area contributed by atoms with Crippen LogP contribution in [0.15, 0.2) is 42.6 Å². The van der Waals surface area contributed by atoms with Gasteiger partial charge in [0.1, 0.15) is 5.82 Å². The summed E-state index contributed by atoms with van der Waals surface area (Å²) in [5.41, 5.74) is 2.65. The molecule has 0 spiro atoms. The van der Waals surface area contributed by atoms with E-state index >= 15 is 0 Å². The van der Waals surface area contributed by atoms with Crippen molar-refractivity contribution < 1.29 is 4.79 Å². The van der Waals surface area contributed by atoms with Gasteiger partial charge in [-0.05, 0) is 62.1 Å². The average molecular weight is 352 g/mol. The van der Waals surface area contributed by atoms with E-state index in [-0.39, 0.29) is 5.91 Å². The minimum absolute atomic E-state index is 0.114. The van der Waals surface area contributed by atoms with Crippen LogP contribution in [0.25, 0.3) is 0 Å². The first-order chi connectivity index (χ1) is 12.8. The summed E-state index contributed by atoms with van der Waals surface area (Å²) >= 11 is 0. The molecule has 26 heavy (non-hydrogen) atoms. The van der Waals surface area contributed by atoms with E-state index in [1.807, 2.05) is 12.1 Å². The Labute approximate surface area is 155 Å². The summed E-state index contributed by atoms with van der Waals surface area (Å²) < 4.78 is 0. The van der Waals surface area contributed by atoms with Crippen LogP contribution in [0.5, 0.6) is 0 Å². The topological polar surface area (TPSA) is 57.3 Å². The molecule has 5 nitrogen and oxygen atoms in total. The van der Waals surface area contributed by atoms with E-state index in [1.54, 1.807) is 18.3 Å². The molecule has 1 saturated heterocycles. The van der Waals surface area contributed by atoms with Gasteiger partial charge in [0.25, 0.3) is 5.91 Å². The van der Waals surface area contributed by atoms with Gasteiger partial charge in [0, 0.05) is 42.8 Å². The molecular formula is C21H28N4O. The van der Waals surface area contributed by atoms with Crippen LogP contribution in [-0.4, -0.2) is 30.5 Å². The number of hydrogen-bond donors (Lipinski definition) is 2. The standard InChI is InChI=1S/C21H28N4O/c1-2-3-12-22-20-16-17(11-13-23-20)21(26)24-18-7-9-19(10-8-18)25-14-5-4-6-15-25/h7-11,13,16H,2-6,12,14-15H2,1H3,(H,22,23)(H,24,26). The quantitative estimate of drug-likeness (QED) is 0.719. The van der Waals surface area contributed by atoms with Crippen molar-refractivity contribution in [2.24, 2.45) is 0 Å². The number of unbranched alkanes of at least 4 members (excludes halogenated alkanes) is 1. The van der Waals surface area contributed by atoms with Crippen molar-refractivity contribution in [2.45, 2.75) is 39.0 Å². The Kier molecular flexibility index (Phi) is 6.47. The number of nitrogens with zero attached hydrogens (tertiary/aromatic N) is 2. The molecule has 0 bridgehead atoms. The van der Waals surface area contributed by atoms with E-state index in [2.05, 4.69) is 39.6 Å². The zero-order valence-electron chi connectivity index (χ0n) is 15.5. The summed E-state index contributed by atoms with van der Waals surface area (Å²) in [6.45, 7) is 5.26. The van der Waals surface area contributed by atoms with Gasteiger partial charge in [0.15, 0.2) is 0 Å². The lowest BCUT2D eigenvalue weighted by molar-refractivity contribution is 0.102. The predicted molar refractivity (Wildman–Crippen MR) is 108 cm³/mol. The Bertz CT molecular complexity index is 708. The SMILES string of the molecule is CCCCNc1cc(C(=O)Nc2ccc(N3CCCCC3)cc2)ccn1. The number of benzene rings is 1. The molecule has 1 aliphatic heterocycles. The number of nitrogens with one attached hydrogen (secondary N) is 2. The van der Waals surface area contributed by atoms with Crippen LogP contribution in [0.3, 0.4) is 0 Å². The van der Waals surface area contributed by atoms with Crippen molar-refractivity contribution in [1.82, 2.24) is 4.98 Å². The van der Waals surface area contributed by atoms with Gasteiger partial charge in [-0.2, -0.15) is 0 Å². The molecule has 138 valence electrons. The molecule has 0 atom stereocenters. The first-order valence-corrected chi connectivity index (χ1v) is 9.62. The fraction of sp³-hybridized carbons (Fsp3) is 0.429. The highest BCUT2D eigenvalue weighted by Gasteiger charge is 2.11. The molecular weight excluding hydrogens is 324 g/mol. The molecule has 2 aromatic rings. The smallest absolute Gasteiger partial charge is 0.255 e. The van der Waals surface area contributed by atoms with E-state index < -0.39 is 0 Å². The molecule has 1 fully saturated rings. The second-order valence-electron chi connectivity index (χ2n) is 6.76. The fourth-order valence-electron chi connectivity index (χ4n) is 3.17. The number of rotatable bonds is 7. The molecule has 0 unspecified atom stereocenters. The highest BCUT2D eigenvalue weighted by molar-refractivity contribution is 6.04. The maximum absolute atomic E-state index is 12.5. The lowest BCUT2D eigenvalue weighted by Gasteiger charge is -2.28. The van der Waals surface area contributed by atoms with Gasteiger partial charge in [0.2, 0.25) is 0 Å². The predicted octanol–water partition coefficient (Wildman–Crippen LogP) is 4.54. The zero-order valence-corrected chi connectivity index (χ0v) is 15.5. The van der Waals surface area contributed by atoms with Crippen LogP contribution in [-0.2, 0) is 0 Å². The van der Waals surface area contributed by atoms with Gasteiger partial charge < -0.3 is 15.5 Å². The second-order valence-corrected chi connectivity index (χ2v) is 6.76. The van der Waals surface area contributed by atoms with E-state index in [1.165, 1.54) is 24.9 Å². The van der Waals surface area contributed by atoms with Gasteiger partial charge in [-0.25, -0.2) is 4.98 Å². The number of carbonyl (C=O) groups is 1. The van der Waals surface area contributed by atoms with E-state index in [9.17, 15) is 4.79 Å². The third kappa shape index (κ3) is 4.97. The minimum Gasteiger partial charge on any atom is -0.372 e. The molecule has 0 radical (unpaired) electrons. The molecule has 3 rings (SSSR count). The molecule has 1 aliphatic rings. The molecule has 1 aromatic heterocycles. The molecule has 1 amide bonds. The first-order valence-electron chi connectivity index (χ1n) is 9.62. The Hall–Kier alpha value is -2.56. The molecule has 0 saturated carbocycles. The van der Waals surface area contributed by atoms with Gasteiger partial charge in [-0.1, -0.05) is 13.3 Å². The van der Waals surface area contributed by atoms with Crippen LogP contribution in [0, 0.1) is 0 Å². The highest BCUT2D eigenvalue weighted by Crippen LogP contribution is 2.22. The number of piperidine rings is 1. The van der Waals surface area contributed by atoms with Gasteiger partial charge in [0.05, 0.1) is 0 Å². The Balaban J connectivity index is 1.59.